The maximum absolute atomic E-state index is 3.83. The molecule has 0 amide bonds. The molecule has 19 heavy (non-hydrogen) atoms. The third-order valence-electron chi connectivity index (χ3n) is 6.30. The first-order valence-corrected chi connectivity index (χ1v) is 8.89. The molecular weight excluding hydrogens is 230 g/mol. The van der Waals surface area contributed by atoms with Crippen LogP contribution in [0.25, 0.3) is 0 Å². The van der Waals surface area contributed by atoms with Crippen molar-refractivity contribution in [3.8, 4) is 0 Å². The van der Waals surface area contributed by atoms with E-state index < -0.39 is 0 Å². The Kier molecular flexibility index (Phi) is 4.22. The molecule has 3 aliphatic carbocycles. The molecule has 1 nitrogen and oxygen atoms in total. The molecule has 0 spiro atoms. The molecule has 3 atom stereocenters. The summed E-state index contributed by atoms with van der Waals surface area (Å²) in [7, 11) is 0. The number of hydrogen-bond donors (Lipinski definition) is 1. The number of hydrogen-bond acceptors (Lipinski definition) is 1. The number of rotatable bonds is 6. The van der Waals surface area contributed by atoms with E-state index in [-0.39, 0.29) is 0 Å². The Morgan fingerprint density at radius 1 is 1.11 bits per heavy atom. The lowest BCUT2D eigenvalue weighted by molar-refractivity contribution is 0.115. The fraction of sp³-hybridized carbons (Fsp3) is 1.00. The molecule has 0 aromatic carbocycles. The monoisotopic (exact) mass is 263 g/mol. The first-order valence-electron chi connectivity index (χ1n) is 8.89. The molecule has 3 saturated carbocycles. The van der Waals surface area contributed by atoms with E-state index in [1.165, 1.54) is 38.8 Å². The van der Waals surface area contributed by atoms with Gasteiger partial charge >= 0.3 is 0 Å². The van der Waals surface area contributed by atoms with Gasteiger partial charge in [0, 0.05) is 6.54 Å². The third-order valence-corrected chi connectivity index (χ3v) is 6.30. The van der Waals surface area contributed by atoms with Crippen molar-refractivity contribution in [3.05, 3.63) is 0 Å². The first kappa shape index (κ1) is 13.9. The molecule has 0 heterocycles. The molecule has 2 bridgehead atoms. The summed E-state index contributed by atoms with van der Waals surface area (Å²) in [5.74, 6) is 4.02. The van der Waals surface area contributed by atoms with E-state index in [1.54, 1.807) is 32.1 Å². The summed E-state index contributed by atoms with van der Waals surface area (Å²) in [4.78, 5) is 0. The minimum Gasteiger partial charge on any atom is -0.316 e. The highest BCUT2D eigenvalue weighted by molar-refractivity contribution is 5.02. The van der Waals surface area contributed by atoms with Gasteiger partial charge in [0.25, 0.3) is 0 Å². The molecule has 0 aromatic heterocycles. The van der Waals surface area contributed by atoms with E-state index in [0.29, 0.717) is 5.41 Å². The van der Waals surface area contributed by atoms with E-state index in [1.807, 2.05) is 0 Å². The van der Waals surface area contributed by atoms with Crippen molar-refractivity contribution in [2.45, 2.75) is 71.6 Å². The highest BCUT2D eigenvalue weighted by Gasteiger charge is 2.51. The van der Waals surface area contributed by atoms with Crippen molar-refractivity contribution < 1.29 is 0 Å². The molecule has 3 rings (SSSR count). The molecule has 3 aliphatic rings. The smallest absolute Gasteiger partial charge is 0.00108 e. The topological polar surface area (TPSA) is 12.0 Å². The summed E-state index contributed by atoms with van der Waals surface area (Å²) in [6.45, 7) is 7.20. The lowest BCUT2D eigenvalue weighted by Crippen LogP contribution is -2.41. The predicted octanol–water partition coefficient (Wildman–Crippen LogP) is 4.62. The molecular formula is C18H33N. The van der Waals surface area contributed by atoms with Crippen LogP contribution >= 0.6 is 0 Å². The SMILES string of the molecule is CC(C)CNCC1(CC2CCCC2)CC2CCC1C2. The molecule has 3 fully saturated rings. The van der Waals surface area contributed by atoms with Gasteiger partial charge in [0.15, 0.2) is 0 Å². The Labute approximate surface area is 119 Å². The zero-order valence-electron chi connectivity index (χ0n) is 13.1. The van der Waals surface area contributed by atoms with Gasteiger partial charge in [-0.3, -0.25) is 0 Å². The zero-order valence-corrected chi connectivity index (χ0v) is 13.1. The van der Waals surface area contributed by atoms with Gasteiger partial charge in [-0.1, -0.05) is 46.0 Å². The van der Waals surface area contributed by atoms with Crippen LogP contribution in [0.5, 0.6) is 0 Å². The Balaban J connectivity index is 1.61. The average molecular weight is 263 g/mol. The van der Waals surface area contributed by atoms with Crippen LogP contribution in [-0.2, 0) is 0 Å². The second-order valence-electron chi connectivity index (χ2n) is 8.32. The summed E-state index contributed by atoms with van der Waals surface area (Å²) >= 11 is 0. The van der Waals surface area contributed by atoms with E-state index in [4.69, 9.17) is 0 Å². The van der Waals surface area contributed by atoms with Gasteiger partial charge < -0.3 is 5.32 Å². The van der Waals surface area contributed by atoms with Gasteiger partial charge in [0.05, 0.1) is 0 Å². The second-order valence-corrected chi connectivity index (χ2v) is 8.32. The van der Waals surface area contributed by atoms with Crippen LogP contribution < -0.4 is 5.32 Å². The number of nitrogens with one attached hydrogen (secondary N) is 1. The fourth-order valence-electron chi connectivity index (χ4n) is 5.50. The second kappa shape index (κ2) is 5.76. The standard InChI is InChI=1S/C18H33N/c1-14(2)12-19-13-18(10-15-5-3-4-6-15)11-16-7-8-17(18)9-16/h14-17,19H,3-13H2,1-2H3. The van der Waals surface area contributed by atoms with E-state index >= 15 is 0 Å². The highest BCUT2D eigenvalue weighted by Crippen LogP contribution is 2.59. The van der Waals surface area contributed by atoms with Gasteiger partial charge in [0.1, 0.15) is 0 Å². The van der Waals surface area contributed by atoms with Gasteiger partial charge in [-0.15, -0.1) is 0 Å². The molecule has 3 unspecified atom stereocenters. The quantitative estimate of drug-likeness (QED) is 0.737. The molecule has 0 aromatic rings. The van der Waals surface area contributed by atoms with Crippen LogP contribution in [0.3, 0.4) is 0 Å². The summed E-state index contributed by atoms with van der Waals surface area (Å²) in [6, 6.07) is 0. The van der Waals surface area contributed by atoms with E-state index in [2.05, 4.69) is 19.2 Å². The van der Waals surface area contributed by atoms with Gasteiger partial charge in [-0.25, -0.2) is 0 Å². The molecule has 0 saturated heterocycles. The maximum atomic E-state index is 3.83. The van der Waals surface area contributed by atoms with Gasteiger partial charge in [-0.05, 0) is 61.3 Å². The Morgan fingerprint density at radius 2 is 1.89 bits per heavy atom. The Morgan fingerprint density at radius 3 is 2.47 bits per heavy atom. The third kappa shape index (κ3) is 3.01. The normalized spacial score (nSPS) is 38.7. The lowest BCUT2D eigenvalue weighted by Gasteiger charge is -2.40. The van der Waals surface area contributed by atoms with Crippen LogP contribution in [0.1, 0.15) is 71.6 Å². The zero-order chi connectivity index (χ0) is 13.3. The van der Waals surface area contributed by atoms with Crippen LogP contribution in [0, 0.1) is 29.1 Å². The van der Waals surface area contributed by atoms with Crippen LogP contribution in [0.2, 0.25) is 0 Å². The predicted molar refractivity (Wildman–Crippen MR) is 82.2 cm³/mol. The number of fused-ring (bicyclic) bond motifs is 2. The highest BCUT2D eigenvalue weighted by atomic mass is 14.9. The average Bonchev–Trinajstić information content (AvgIpc) is 3.04. The van der Waals surface area contributed by atoms with Gasteiger partial charge in [0.2, 0.25) is 0 Å². The maximum Gasteiger partial charge on any atom is 0.00108 e. The largest absolute Gasteiger partial charge is 0.316 e. The minimum atomic E-state index is 0.701. The molecule has 110 valence electrons. The summed E-state index contributed by atoms with van der Waals surface area (Å²) in [5, 5.41) is 3.83. The summed E-state index contributed by atoms with van der Waals surface area (Å²) in [6.07, 6.45) is 13.8. The van der Waals surface area contributed by atoms with Crippen molar-refractivity contribution in [3.63, 3.8) is 0 Å². The van der Waals surface area contributed by atoms with Crippen molar-refractivity contribution >= 4 is 0 Å². The van der Waals surface area contributed by atoms with Crippen molar-refractivity contribution in [2.75, 3.05) is 13.1 Å². The molecule has 1 N–H and O–H groups in total. The lowest BCUT2D eigenvalue weighted by atomic mass is 9.67. The summed E-state index contributed by atoms with van der Waals surface area (Å²) < 4.78 is 0. The first-order chi connectivity index (χ1) is 9.18. The van der Waals surface area contributed by atoms with Crippen molar-refractivity contribution in [2.24, 2.45) is 29.1 Å². The molecule has 0 radical (unpaired) electrons. The van der Waals surface area contributed by atoms with Crippen molar-refractivity contribution in [1.29, 1.82) is 0 Å². The fourth-order valence-corrected chi connectivity index (χ4v) is 5.50. The van der Waals surface area contributed by atoms with Gasteiger partial charge in [-0.2, -0.15) is 0 Å². The van der Waals surface area contributed by atoms with E-state index in [0.717, 1.165) is 23.7 Å². The molecule has 0 aliphatic heterocycles. The Bertz CT molecular complexity index is 292. The Hall–Kier alpha value is -0.0400. The van der Waals surface area contributed by atoms with Crippen LogP contribution in [0.4, 0.5) is 0 Å². The van der Waals surface area contributed by atoms with E-state index in [9.17, 15) is 0 Å². The summed E-state index contributed by atoms with van der Waals surface area (Å²) in [5.41, 5.74) is 0.701. The molecule has 1 heteroatoms. The minimum absolute atomic E-state index is 0.701. The van der Waals surface area contributed by atoms with Crippen LogP contribution in [-0.4, -0.2) is 13.1 Å². The van der Waals surface area contributed by atoms with Crippen LogP contribution in [0.15, 0.2) is 0 Å². The van der Waals surface area contributed by atoms with Crippen molar-refractivity contribution in [1.82, 2.24) is 5.32 Å².